The van der Waals surface area contributed by atoms with E-state index in [2.05, 4.69) is 26.2 Å². The quantitative estimate of drug-likeness (QED) is 0.813. The number of benzene rings is 1. The summed E-state index contributed by atoms with van der Waals surface area (Å²) in [4.78, 5) is 25.0. The van der Waals surface area contributed by atoms with Crippen LogP contribution in [-0.2, 0) is 11.3 Å². The van der Waals surface area contributed by atoms with Gasteiger partial charge in [0, 0.05) is 24.5 Å². The molecule has 1 aliphatic rings. The van der Waals surface area contributed by atoms with Gasteiger partial charge in [-0.05, 0) is 34.7 Å². The van der Waals surface area contributed by atoms with Crippen LogP contribution >= 0.6 is 0 Å². The summed E-state index contributed by atoms with van der Waals surface area (Å²) in [7, 11) is 0. The van der Waals surface area contributed by atoms with E-state index in [0.29, 0.717) is 18.8 Å². The number of nitrogens with one attached hydrogen (secondary N) is 2. The lowest BCUT2D eigenvalue weighted by atomic mass is 10.2. The van der Waals surface area contributed by atoms with Crippen LogP contribution in [0.25, 0.3) is 0 Å². The van der Waals surface area contributed by atoms with Crippen LogP contribution in [0.1, 0.15) is 0 Å². The molecule has 2 aromatic rings. The number of nitrogens with zero attached hydrogens (tertiary/aromatic N) is 5. The molecule has 1 aliphatic heterocycles. The van der Waals surface area contributed by atoms with Crippen LogP contribution in [0.4, 0.5) is 16.2 Å². The van der Waals surface area contributed by atoms with Crippen molar-refractivity contribution < 1.29 is 9.59 Å². The standard InChI is InChI=1S/C12H13N7O2/c20-11(7-18-8-14-16-17-18)15-9-1-3-10(4-2-9)19-6-5-13-12(19)21/h1-4,8H,5-7H2,(H,13,21)(H,15,20). The second kappa shape index (κ2) is 5.57. The van der Waals surface area contributed by atoms with Crippen molar-refractivity contribution >= 4 is 23.3 Å². The average molecular weight is 287 g/mol. The Hall–Kier alpha value is -2.97. The van der Waals surface area contributed by atoms with Gasteiger partial charge in [-0.15, -0.1) is 5.10 Å². The summed E-state index contributed by atoms with van der Waals surface area (Å²) >= 11 is 0. The van der Waals surface area contributed by atoms with Crippen molar-refractivity contribution in [1.82, 2.24) is 25.5 Å². The smallest absolute Gasteiger partial charge is 0.321 e. The van der Waals surface area contributed by atoms with E-state index in [0.717, 1.165) is 5.69 Å². The zero-order valence-electron chi connectivity index (χ0n) is 11.1. The molecule has 9 heteroatoms. The third-order valence-corrected chi connectivity index (χ3v) is 3.02. The zero-order valence-corrected chi connectivity index (χ0v) is 11.1. The Kier molecular flexibility index (Phi) is 3.46. The third-order valence-electron chi connectivity index (χ3n) is 3.02. The Morgan fingerprint density at radius 3 is 2.76 bits per heavy atom. The minimum absolute atomic E-state index is 0.0449. The highest BCUT2D eigenvalue weighted by molar-refractivity contribution is 5.95. The van der Waals surface area contributed by atoms with E-state index in [1.165, 1.54) is 11.0 Å². The summed E-state index contributed by atoms with van der Waals surface area (Å²) in [5.41, 5.74) is 1.44. The number of aromatic nitrogens is 4. The Labute approximate surface area is 119 Å². The molecule has 3 amide bonds. The fourth-order valence-corrected chi connectivity index (χ4v) is 2.04. The highest BCUT2D eigenvalue weighted by Gasteiger charge is 2.20. The summed E-state index contributed by atoms with van der Waals surface area (Å²) < 4.78 is 1.33. The second-order valence-electron chi connectivity index (χ2n) is 4.49. The van der Waals surface area contributed by atoms with Gasteiger partial charge >= 0.3 is 6.03 Å². The fraction of sp³-hybridized carbons (Fsp3) is 0.250. The van der Waals surface area contributed by atoms with Crippen molar-refractivity contribution in [2.45, 2.75) is 6.54 Å². The minimum atomic E-state index is -0.228. The molecule has 1 fully saturated rings. The first-order valence-corrected chi connectivity index (χ1v) is 6.38. The average Bonchev–Trinajstić information content (AvgIpc) is 3.11. The van der Waals surface area contributed by atoms with Crippen molar-refractivity contribution in [3.05, 3.63) is 30.6 Å². The van der Waals surface area contributed by atoms with Gasteiger partial charge in [-0.25, -0.2) is 9.48 Å². The molecule has 0 atom stereocenters. The minimum Gasteiger partial charge on any atom is -0.336 e. The van der Waals surface area contributed by atoms with Gasteiger partial charge in [0.2, 0.25) is 5.91 Å². The van der Waals surface area contributed by atoms with Gasteiger partial charge < -0.3 is 10.6 Å². The number of carbonyl (C=O) groups is 2. The van der Waals surface area contributed by atoms with Crippen molar-refractivity contribution in [3.8, 4) is 0 Å². The first kappa shape index (κ1) is 13.0. The Morgan fingerprint density at radius 1 is 1.33 bits per heavy atom. The van der Waals surface area contributed by atoms with Crippen LogP contribution in [0.15, 0.2) is 30.6 Å². The molecule has 0 unspecified atom stereocenters. The lowest BCUT2D eigenvalue weighted by molar-refractivity contribution is -0.116. The molecule has 2 heterocycles. The normalized spacial score (nSPS) is 14.1. The number of anilines is 2. The number of hydrogen-bond donors (Lipinski definition) is 2. The highest BCUT2D eigenvalue weighted by Crippen LogP contribution is 2.19. The Balaban J connectivity index is 1.61. The molecule has 0 radical (unpaired) electrons. The van der Waals surface area contributed by atoms with E-state index in [-0.39, 0.29) is 18.5 Å². The molecule has 9 nitrogen and oxygen atoms in total. The van der Waals surface area contributed by atoms with Crippen LogP contribution < -0.4 is 15.5 Å². The summed E-state index contributed by atoms with van der Waals surface area (Å²) in [6, 6.07) is 6.97. The van der Waals surface area contributed by atoms with Gasteiger partial charge in [0.25, 0.3) is 0 Å². The van der Waals surface area contributed by atoms with Crippen LogP contribution in [0.2, 0.25) is 0 Å². The molecule has 108 valence electrons. The summed E-state index contributed by atoms with van der Waals surface area (Å²) in [5.74, 6) is -0.228. The van der Waals surface area contributed by atoms with Crippen molar-refractivity contribution in [3.63, 3.8) is 0 Å². The van der Waals surface area contributed by atoms with Crippen molar-refractivity contribution in [2.24, 2.45) is 0 Å². The predicted molar refractivity (Wildman–Crippen MR) is 73.6 cm³/mol. The number of amides is 3. The Morgan fingerprint density at radius 2 is 2.14 bits per heavy atom. The number of tetrazole rings is 1. The number of carbonyl (C=O) groups excluding carboxylic acids is 2. The monoisotopic (exact) mass is 287 g/mol. The van der Waals surface area contributed by atoms with Gasteiger partial charge in [0.1, 0.15) is 12.9 Å². The van der Waals surface area contributed by atoms with Gasteiger partial charge in [0.05, 0.1) is 0 Å². The molecule has 1 aromatic heterocycles. The second-order valence-corrected chi connectivity index (χ2v) is 4.49. The molecule has 1 saturated heterocycles. The highest BCUT2D eigenvalue weighted by atomic mass is 16.2. The van der Waals surface area contributed by atoms with Crippen LogP contribution in [-0.4, -0.2) is 45.2 Å². The maximum absolute atomic E-state index is 11.8. The van der Waals surface area contributed by atoms with E-state index >= 15 is 0 Å². The maximum atomic E-state index is 11.8. The number of hydrogen-bond acceptors (Lipinski definition) is 5. The summed E-state index contributed by atoms with van der Waals surface area (Å²) in [6.45, 7) is 1.33. The first-order chi connectivity index (χ1) is 10.2. The van der Waals surface area contributed by atoms with Gasteiger partial charge in [-0.2, -0.15) is 0 Å². The van der Waals surface area contributed by atoms with E-state index in [9.17, 15) is 9.59 Å². The number of rotatable bonds is 4. The first-order valence-electron chi connectivity index (χ1n) is 6.38. The van der Waals surface area contributed by atoms with E-state index in [1.807, 2.05) is 0 Å². The summed E-state index contributed by atoms with van der Waals surface area (Å²) in [5, 5.41) is 16.0. The van der Waals surface area contributed by atoms with Gasteiger partial charge in [0.15, 0.2) is 0 Å². The molecular weight excluding hydrogens is 274 g/mol. The van der Waals surface area contributed by atoms with Gasteiger partial charge in [-0.3, -0.25) is 9.69 Å². The molecule has 0 saturated carbocycles. The lowest BCUT2D eigenvalue weighted by Gasteiger charge is -2.14. The fourth-order valence-electron chi connectivity index (χ4n) is 2.04. The van der Waals surface area contributed by atoms with Crippen LogP contribution in [0.3, 0.4) is 0 Å². The van der Waals surface area contributed by atoms with E-state index < -0.39 is 0 Å². The molecule has 3 rings (SSSR count). The SMILES string of the molecule is O=C(Cn1cnnn1)Nc1ccc(N2CCNC2=O)cc1. The van der Waals surface area contributed by atoms with Gasteiger partial charge in [-0.1, -0.05) is 0 Å². The molecular formula is C12H13N7O2. The topological polar surface area (TPSA) is 105 Å². The summed E-state index contributed by atoms with van der Waals surface area (Å²) in [6.07, 6.45) is 1.37. The van der Waals surface area contributed by atoms with Crippen molar-refractivity contribution in [1.29, 1.82) is 0 Å². The van der Waals surface area contributed by atoms with E-state index in [4.69, 9.17) is 0 Å². The molecule has 2 N–H and O–H groups in total. The maximum Gasteiger partial charge on any atom is 0.321 e. The molecule has 0 bridgehead atoms. The lowest BCUT2D eigenvalue weighted by Crippen LogP contribution is -2.27. The van der Waals surface area contributed by atoms with E-state index in [1.54, 1.807) is 29.2 Å². The van der Waals surface area contributed by atoms with Crippen molar-refractivity contribution in [2.75, 3.05) is 23.3 Å². The number of urea groups is 1. The predicted octanol–water partition coefficient (Wildman–Crippen LogP) is -0.159. The Bertz CT molecular complexity index is 638. The largest absolute Gasteiger partial charge is 0.336 e. The molecule has 0 spiro atoms. The van der Waals surface area contributed by atoms with Crippen LogP contribution in [0.5, 0.6) is 0 Å². The zero-order chi connectivity index (χ0) is 14.7. The van der Waals surface area contributed by atoms with Crippen LogP contribution in [0, 0.1) is 0 Å². The molecule has 0 aliphatic carbocycles. The molecule has 21 heavy (non-hydrogen) atoms. The third kappa shape index (κ3) is 2.96. The molecule has 1 aromatic carbocycles.